The lowest BCUT2D eigenvalue weighted by atomic mass is 9.98. The Morgan fingerprint density at radius 2 is 2.27 bits per heavy atom. The number of nitrogens with zero attached hydrogens (tertiary/aromatic N) is 2. The average Bonchev–Trinajstić information content (AvgIpc) is 3.10. The van der Waals surface area contributed by atoms with Crippen molar-refractivity contribution in [2.75, 3.05) is 19.6 Å². The molecule has 1 fully saturated rings. The van der Waals surface area contributed by atoms with Crippen LogP contribution < -0.4 is 5.32 Å². The fourth-order valence-electron chi connectivity index (χ4n) is 3.16. The fourth-order valence-corrected chi connectivity index (χ4v) is 4.33. The highest BCUT2D eigenvalue weighted by Gasteiger charge is 2.27. The molecule has 0 unspecified atom stereocenters. The molecule has 5 nitrogen and oxygen atoms in total. The number of thiazole rings is 1. The summed E-state index contributed by atoms with van der Waals surface area (Å²) in [6, 6.07) is 7.10. The predicted octanol–water partition coefficient (Wildman–Crippen LogP) is 3.49. The Bertz CT molecular complexity index is 793. The molecule has 1 aliphatic heterocycles. The molecule has 1 atom stereocenters. The summed E-state index contributed by atoms with van der Waals surface area (Å²) in [5.41, 5.74) is 1.63. The van der Waals surface area contributed by atoms with Gasteiger partial charge in [-0.3, -0.25) is 9.59 Å². The van der Waals surface area contributed by atoms with E-state index in [9.17, 15) is 9.59 Å². The summed E-state index contributed by atoms with van der Waals surface area (Å²) in [5.74, 6) is 0.272. The smallest absolute Gasteiger partial charge is 0.253 e. The van der Waals surface area contributed by atoms with Gasteiger partial charge < -0.3 is 10.2 Å². The summed E-state index contributed by atoms with van der Waals surface area (Å²) in [6.45, 7) is 3.56. The van der Waals surface area contributed by atoms with Crippen LogP contribution in [-0.4, -0.2) is 41.3 Å². The molecule has 1 saturated heterocycles. The summed E-state index contributed by atoms with van der Waals surface area (Å²) < 4.78 is 0. The highest BCUT2D eigenvalue weighted by molar-refractivity contribution is 7.09. The molecule has 0 radical (unpaired) electrons. The van der Waals surface area contributed by atoms with Crippen molar-refractivity contribution in [2.24, 2.45) is 0 Å². The van der Waals surface area contributed by atoms with Gasteiger partial charge in [-0.15, -0.1) is 11.3 Å². The minimum Gasteiger partial charge on any atom is -0.356 e. The summed E-state index contributed by atoms with van der Waals surface area (Å²) in [7, 11) is 0. The number of nitrogens with one attached hydrogen (secondary N) is 1. The third-order valence-electron chi connectivity index (χ3n) is 4.45. The molecule has 2 heterocycles. The zero-order chi connectivity index (χ0) is 18.5. The number of carbonyl (C=O) groups excluding carboxylic acids is 2. The van der Waals surface area contributed by atoms with Gasteiger partial charge in [0.25, 0.3) is 5.91 Å². The largest absolute Gasteiger partial charge is 0.356 e. The van der Waals surface area contributed by atoms with Crippen molar-refractivity contribution in [2.45, 2.75) is 32.1 Å². The normalized spacial score (nSPS) is 17.2. The quantitative estimate of drug-likeness (QED) is 0.848. The van der Waals surface area contributed by atoms with Crippen molar-refractivity contribution >= 4 is 34.8 Å². The zero-order valence-corrected chi connectivity index (χ0v) is 16.3. The molecule has 26 heavy (non-hydrogen) atoms. The van der Waals surface area contributed by atoms with E-state index in [1.54, 1.807) is 35.6 Å². The molecule has 0 spiro atoms. The predicted molar refractivity (Wildman–Crippen MR) is 104 cm³/mol. The Labute approximate surface area is 162 Å². The first-order valence-electron chi connectivity index (χ1n) is 8.76. The average molecular weight is 392 g/mol. The molecular weight excluding hydrogens is 370 g/mol. The number of carbonyl (C=O) groups is 2. The van der Waals surface area contributed by atoms with E-state index in [-0.39, 0.29) is 17.7 Å². The molecule has 0 saturated carbocycles. The van der Waals surface area contributed by atoms with Gasteiger partial charge in [0.05, 0.1) is 10.7 Å². The molecule has 2 aromatic rings. The number of aromatic nitrogens is 1. The molecule has 0 bridgehead atoms. The first-order chi connectivity index (χ1) is 12.5. The van der Waals surface area contributed by atoms with Crippen LogP contribution in [0.5, 0.6) is 0 Å². The number of hydrogen-bond acceptors (Lipinski definition) is 4. The number of halogens is 1. The maximum atomic E-state index is 12.7. The summed E-state index contributed by atoms with van der Waals surface area (Å²) >= 11 is 7.66. The van der Waals surface area contributed by atoms with E-state index in [0.29, 0.717) is 23.7 Å². The second-order valence-electron chi connectivity index (χ2n) is 6.51. The van der Waals surface area contributed by atoms with Gasteiger partial charge in [-0.05, 0) is 31.0 Å². The molecule has 3 rings (SSSR count). The summed E-state index contributed by atoms with van der Waals surface area (Å²) in [6.07, 6.45) is 2.74. The molecule has 0 aliphatic carbocycles. The number of amides is 2. The van der Waals surface area contributed by atoms with Gasteiger partial charge >= 0.3 is 0 Å². The fraction of sp³-hybridized carbons (Fsp3) is 0.421. The third-order valence-corrected chi connectivity index (χ3v) is 5.75. The van der Waals surface area contributed by atoms with Gasteiger partial charge in [0, 0.05) is 54.9 Å². The topological polar surface area (TPSA) is 62.3 Å². The Balaban J connectivity index is 1.62. The van der Waals surface area contributed by atoms with Crippen LogP contribution in [0.2, 0.25) is 5.02 Å². The maximum Gasteiger partial charge on any atom is 0.253 e. The highest BCUT2D eigenvalue weighted by atomic mass is 35.5. The van der Waals surface area contributed by atoms with Crippen LogP contribution in [0.25, 0.3) is 0 Å². The minimum absolute atomic E-state index is 0.0251. The minimum atomic E-state index is -0.0251. The van der Waals surface area contributed by atoms with Gasteiger partial charge in [0.1, 0.15) is 0 Å². The first-order valence-corrected chi connectivity index (χ1v) is 10.0. The Morgan fingerprint density at radius 3 is 3.04 bits per heavy atom. The lowest BCUT2D eigenvalue weighted by molar-refractivity contribution is -0.118. The van der Waals surface area contributed by atoms with Crippen LogP contribution in [-0.2, 0) is 11.2 Å². The number of hydrogen-bond donors (Lipinski definition) is 1. The van der Waals surface area contributed by atoms with E-state index in [1.165, 1.54) is 6.92 Å². The Morgan fingerprint density at radius 1 is 1.42 bits per heavy atom. The second kappa shape index (κ2) is 8.64. The lowest BCUT2D eigenvalue weighted by Crippen LogP contribution is -2.39. The number of benzene rings is 1. The first kappa shape index (κ1) is 18.9. The van der Waals surface area contributed by atoms with Gasteiger partial charge in [-0.1, -0.05) is 17.7 Å². The van der Waals surface area contributed by atoms with Crippen LogP contribution in [0.4, 0.5) is 0 Å². The molecule has 2 amide bonds. The number of likely N-dealkylation sites (tertiary alicyclic amines) is 1. The van der Waals surface area contributed by atoms with E-state index in [4.69, 9.17) is 16.6 Å². The van der Waals surface area contributed by atoms with Crippen LogP contribution in [0, 0.1) is 0 Å². The second-order valence-corrected chi connectivity index (χ2v) is 7.84. The van der Waals surface area contributed by atoms with Crippen LogP contribution in [0.1, 0.15) is 46.7 Å². The van der Waals surface area contributed by atoms with E-state index in [2.05, 4.69) is 10.7 Å². The Hall–Kier alpha value is -1.92. The van der Waals surface area contributed by atoms with Crippen molar-refractivity contribution < 1.29 is 9.59 Å². The van der Waals surface area contributed by atoms with Crippen molar-refractivity contribution in [1.82, 2.24) is 15.2 Å². The van der Waals surface area contributed by atoms with E-state index >= 15 is 0 Å². The lowest BCUT2D eigenvalue weighted by Gasteiger charge is -2.32. The van der Waals surface area contributed by atoms with Gasteiger partial charge in [0.2, 0.25) is 5.91 Å². The van der Waals surface area contributed by atoms with Crippen molar-refractivity contribution in [3.05, 3.63) is 50.9 Å². The monoisotopic (exact) mass is 391 g/mol. The molecule has 1 N–H and O–H groups in total. The van der Waals surface area contributed by atoms with Crippen LogP contribution in [0.15, 0.2) is 29.6 Å². The van der Waals surface area contributed by atoms with E-state index in [0.717, 1.165) is 36.5 Å². The number of piperidine rings is 1. The summed E-state index contributed by atoms with van der Waals surface area (Å²) in [5, 5.41) is 6.49. The molecular formula is C19H22ClN3O2S. The van der Waals surface area contributed by atoms with Crippen molar-refractivity contribution in [1.29, 1.82) is 0 Å². The standard InChI is InChI=1S/C19H22ClN3O2S/c1-13(24)21-8-7-17-12-26-18(22-17)15-5-3-9-23(11-15)19(25)14-4-2-6-16(20)10-14/h2,4,6,10,12,15H,3,5,7-9,11H2,1H3,(H,21,24)/t15-/m0/s1. The SMILES string of the molecule is CC(=O)NCCc1csc([C@H]2CCCN(C(=O)c3cccc(Cl)c3)C2)n1. The summed E-state index contributed by atoms with van der Waals surface area (Å²) in [4.78, 5) is 30.3. The van der Waals surface area contributed by atoms with Crippen molar-refractivity contribution in [3.63, 3.8) is 0 Å². The van der Waals surface area contributed by atoms with Crippen molar-refractivity contribution in [3.8, 4) is 0 Å². The van der Waals surface area contributed by atoms with Gasteiger partial charge in [-0.25, -0.2) is 4.98 Å². The highest BCUT2D eigenvalue weighted by Crippen LogP contribution is 2.30. The Kier molecular flexibility index (Phi) is 6.27. The van der Waals surface area contributed by atoms with Gasteiger partial charge in [-0.2, -0.15) is 0 Å². The molecule has 1 aromatic heterocycles. The third kappa shape index (κ3) is 4.83. The van der Waals surface area contributed by atoms with Crippen LogP contribution >= 0.6 is 22.9 Å². The van der Waals surface area contributed by atoms with E-state index < -0.39 is 0 Å². The van der Waals surface area contributed by atoms with E-state index in [1.807, 2.05) is 4.90 Å². The molecule has 1 aliphatic rings. The van der Waals surface area contributed by atoms with Crippen LogP contribution in [0.3, 0.4) is 0 Å². The van der Waals surface area contributed by atoms with Gasteiger partial charge in [0.15, 0.2) is 0 Å². The number of rotatable bonds is 5. The molecule has 138 valence electrons. The zero-order valence-electron chi connectivity index (χ0n) is 14.7. The maximum absolute atomic E-state index is 12.7. The molecule has 1 aromatic carbocycles. The molecule has 7 heteroatoms.